The molecule has 10 rings (SSSR count). The SMILES string of the molecule is CC(C)c1ccc2ccc3c(c2c1)c1ccc2ccccc2c1n3-c1ccc(-c2c3ccccc3c(-c3ccccc3)c3ccccc23)cc1. The molecule has 0 N–H and O–H groups in total. The van der Waals surface area contributed by atoms with Crippen LogP contribution in [-0.4, -0.2) is 4.57 Å². The Morgan fingerprint density at radius 1 is 0.400 bits per heavy atom. The molecular formula is C49H35N. The smallest absolute Gasteiger partial charge is 0.0619 e. The maximum atomic E-state index is 2.49. The van der Waals surface area contributed by atoms with Crippen molar-refractivity contribution in [3.8, 4) is 27.9 Å². The van der Waals surface area contributed by atoms with Gasteiger partial charge in [-0.05, 0) is 89.6 Å². The average Bonchev–Trinajstić information content (AvgIpc) is 3.52. The van der Waals surface area contributed by atoms with Crippen molar-refractivity contribution in [3.05, 3.63) is 175 Å². The van der Waals surface area contributed by atoms with Crippen molar-refractivity contribution in [1.29, 1.82) is 0 Å². The van der Waals surface area contributed by atoms with Gasteiger partial charge in [0.15, 0.2) is 0 Å². The molecule has 0 spiro atoms. The highest BCUT2D eigenvalue weighted by atomic mass is 15.0. The summed E-state index contributed by atoms with van der Waals surface area (Å²) in [4.78, 5) is 0. The largest absolute Gasteiger partial charge is 0.309 e. The van der Waals surface area contributed by atoms with Gasteiger partial charge in [0, 0.05) is 21.8 Å². The Bertz CT molecular complexity index is 2870. The quantitative estimate of drug-likeness (QED) is 0.169. The van der Waals surface area contributed by atoms with E-state index in [1.165, 1.54) is 98.4 Å². The standard InChI is InChI=1S/C49H35N/c1-31(2)36-21-20-33-25-29-45-48(44(33)30-36)43-28-24-32-12-6-7-15-38(32)49(43)50(45)37-26-22-35(23-27-37)47-41-18-10-8-16-39(41)46(34-13-4-3-5-14-34)40-17-9-11-19-42(40)47/h3-31H,1-2H3. The Morgan fingerprint density at radius 3 is 1.56 bits per heavy atom. The van der Waals surface area contributed by atoms with Crippen LogP contribution in [0.25, 0.3) is 92.8 Å². The van der Waals surface area contributed by atoms with Gasteiger partial charge in [-0.3, -0.25) is 0 Å². The molecule has 50 heavy (non-hydrogen) atoms. The van der Waals surface area contributed by atoms with Gasteiger partial charge < -0.3 is 4.57 Å². The topological polar surface area (TPSA) is 4.93 Å². The molecule has 0 aliphatic heterocycles. The molecular weight excluding hydrogens is 603 g/mol. The van der Waals surface area contributed by atoms with Crippen LogP contribution in [0, 0.1) is 0 Å². The molecule has 1 nitrogen and oxygen atoms in total. The van der Waals surface area contributed by atoms with E-state index in [4.69, 9.17) is 0 Å². The van der Waals surface area contributed by atoms with Crippen LogP contribution in [0.1, 0.15) is 25.3 Å². The van der Waals surface area contributed by atoms with Crippen molar-refractivity contribution < 1.29 is 0 Å². The molecule has 0 bridgehead atoms. The Hall–Kier alpha value is -6.18. The Labute approximate surface area is 291 Å². The molecule has 0 radical (unpaired) electrons. The normalized spacial score (nSPS) is 12.0. The Morgan fingerprint density at radius 2 is 0.920 bits per heavy atom. The molecule has 9 aromatic carbocycles. The zero-order valence-corrected chi connectivity index (χ0v) is 28.2. The van der Waals surface area contributed by atoms with E-state index in [0.29, 0.717) is 5.92 Å². The van der Waals surface area contributed by atoms with Gasteiger partial charge in [0.05, 0.1) is 11.0 Å². The minimum absolute atomic E-state index is 0.463. The van der Waals surface area contributed by atoms with Crippen molar-refractivity contribution >= 4 is 64.9 Å². The summed E-state index contributed by atoms with van der Waals surface area (Å²) in [6.45, 7) is 4.56. The summed E-state index contributed by atoms with van der Waals surface area (Å²) < 4.78 is 2.49. The number of aromatic nitrogens is 1. The lowest BCUT2D eigenvalue weighted by atomic mass is 9.86. The monoisotopic (exact) mass is 637 g/mol. The summed E-state index contributed by atoms with van der Waals surface area (Å²) in [7, 11) is 0. The first-order valence-corrected chi connectivity index (χ1v) is 17.6. The van der Waals surface area contributed by atoms with E-state index in [0.717, 1.165) is 0 Å². The molecule has 0 fully saturated rings. The molecule has 0 aliphatic rings. The molecule has 0 saturated heterocycles. The third-order valence-corrected chi connectivity index (χ3v) is 10.7. The molecule has 0 unspecified atom stereocenters. The van der Waals surface area contributed by atoms with Crippen LogP contribution in [0.15, 0.2) is 170 Å². The zero-order chi connectivity index (χ0) is 33.3. The molecule has 1 heteroatoms. The molecule has 0 aliphatic carbocycles. The third-order valence-electron chi connectivity index (χ3n) is 10.7. The maximum Gasteiger partial charge on any atom is 0.0619 e. The van der Waals surface area contributed by atoms with E-state index in [1.807, 2.05) is 0 Å². The lowest BCUT2D eigenvalue weighted by Gasteiger charge is -2.18. The maximum absolute atomic E-state index is 2.49. The van der Waals surface area contributed by atoms with E-state index in [-0.39, 0.29) is 0 Å². The first-order chi connectivity index (χ1) is 24.7. The number of hydrogen-bond acceptors (Lipinski definition) is 0. The summed E-state index contributed by atoms with van der Waals surface area (Å²) in [5.74, 6) is 0.463. The van der Waals surface area contributed by atoms with Crippen LogP contribution in [0.3, 0.4) is 0 Å². The van der Waals surface area contributed by atoms with Gasteiger partial charge in [-0.1, -0.05) is 166 Å². The molecule has 1 aromatic heterocycles. The van der Waals surface area contributed by atoms with E-state index in [2.05, 4.69) is 188 Å². The predicted octanol–water partition coefficient (Wildman–Crippen LogP) is 13.9. The lowest BCUT2D eigenvalue weighted by molar-refractivity contribution is 0.869. The fraction of sp³-hybridized carbons (Fsp3) is 0.0612. The second kappa shape index (κ2) is 11.2. The zero-order valence-electron chi connectivity index (χ0n) is 28.2. The highest BCUT2D eigenvalue weighted by molar-refractivity contribution is 6.26. The van der Waals surface area contributed by atoms with Crippen LogP contribution in [0.2, 0.25) is 0 Å². The van der Waals surface area contributed by atoms with Crippen molar-refractivity contribution in [2.45, 2.75) is 19.8 Å². The van der Waals surface area contributed by atoms with Gasteiger partial charge >= 0.3 is 0 Å². The predicted molar refractivity (Wildman–Crippen MR) is 216 cm³/mol. The van der Waals surface area contributed by atoms with E-state index < -0.39 is 0 Å². The van der Waals surface area contributed by atoms with Gasteiger partial charge in [-0.15, -0.1) is 0 Å². The lowest BCUT2D eigenvalue weighted by Crippen LogP contribution is -1.95. The second-order valence-corrected chi connectivity index (χ2v) is 13.9. The number of hydrogen-bond donors (Lipinski definition) is 0. The number of rotatable bonds is 4. The van der Waals surface area contributed by atoms with Gasteiger partial charge in [-0.25, -0.2) is 0 Å². The first kappa shape index (κ1) is 28.8. The van der Waals surface area contributed by atoms with Gasteiger partial charge in [0.25, 0.3) is 0 Å². The molecule has 0 amide bonds. The first-order valence-electron chi connectivity index (χ1n) is 17.6. The van der Waals surface area contributed by atoms with Gasteiger partial charge in [0.1, 0.15) is 0 Å². The molecule has 0 atom stereocenters. The fourth-order valence-corrected chi connectivity index (χ4v) is 8.37. The number of fused-ring (bicyclic) bond motifs is 9. The average molecular weight is 638 g/mol. The molecule has 10 aromatic rings. The van der Waals surface area contributed by atoms with Crippen molar-refractivity contribution in [3.63, 3.8) is 0 Å². The van der Waals surface area contributed by atoms with Crippen LogP contribution in [0.5, 0.6) is 0 Å². The van der Waals surface area contributed by atoms with Crippen molar-refractivity contribution in [2.24, 2.45) is 0 Å². The minimum atomic E-state index is 0.463. The van der Waals surface area contributed by atoms with E-state index in [1.54, 1.807) is 0 Å². The van der Waals surface area contributed by atoms with E-state index in [9.17, 15) is 0 Å². The van der Waals surface area contributed by atoms with Crippen LogP contribution in [0.4, 0.5) is 0 Å². The summed E-state index contributed by atoms with van der Waals surface area (Å²) in [6, 6.07) is 62.9. The highest BCUT2D eigenvalue weighted by Gasteiger charge is 2.20. The van der Waals surface area contributed by atoms with Crippen LogP contribution >= 0.6 is 0 Å². The van der Waals surface area contributed by atoms with Crippen molar-refractivity contribution in [2.75, 3.05) is 0 Å². The van der Waals surface area contributed by atoms with Gasteiger partial charge in [0.2, 0.25) is 0 Å². The summed E-state index contributed by atoms with van der Waals surface area (Å²) in [6.07, 6.45) is 0. The fourth-order valence-electron chi connectivity index (χ4n) is 8.37. The van der Waals surface area contributed by atoms with E-state index >= 15 is 0 Å². The minimum Gasteiger partial charge on any atom is -0.309 e. The molecule has 1 heterocycles. The van der Waals surface area contributed by atoms with Gasteiger partial charge in [-0.2, -0.15) is 0 Å². The van der Waals surface area contributed by atoms with Crippen LogP contribution < -0.4 is 0 Å². The Balaban J connectivity index is 1.24. The number of nitrogens with zero attached hydrogens (tertiary/aromatic N) is 1. The van der Waals surface area contributed by atoms with Crippen LogP contribution in [-0.2, 0) is 0 Å². The highest BCUT2D eigenvalue weighted by Crippen LogP contribution is 2.45. The van der Waals surface area contributed by atoms with Crippen molar-refractivity contribution in [1.82, 2.24) is 4.57 Å². The second-order valence-electron chi connectivity index (χ2n) is 13.9. The summed E-state index contributed by atoms with van der Waals surface area (Å²) >= 11 is 0. The number of benzene rings is 9. The molecule has 0 saturated carbocycles. The third kappa shape index (κ3) is 4.27. The molecule has 236 valence electrons. The summed E-state index contributed by atoms with van der Waals surface area (Å²) in [5.41, 5.74) is 10.1. The summed E-state index contributed by atoms with van der Waals surface area (Å²) in [5, 5.41) is 12.8. The Kier molecular flexibility index (Phi) is 6.44.